The molecule has 29 heavy (non-hydrogen) atoms. The van der Waals surface area contributed by atoms with Gasteiger partial charge in [0.15, 0.2) is 5.13 Å². The first-order valence-corrected chi connectivity index (χ1v) is 10.5. The number of hydrogen-bond donors (Lipinski definition) is 2. The SMILES string of the molecule is COCCOc1ncccc1CNC(=O)Cc1csc(NC(=O)c2cccs2)n1. The molecule has 0 bridgehead atoms. The Kier molecular flexibility index (Phi) is 7.68. The highest BCUT2D eigenvalue weighted by atomic mass is 32.1. The predicted molar refractivity (Wildman–Crippen MR) is 112 cm³/mol. The highest BCUT2D eigenvalue weighted by Crippen LogP contribution is 2.19. The van der Waals surface area contributed by atoms with Gasteiger partial charge in [0.05, 0.1) is 23.6 Å². The lowest BCUT2D eigenvalue weighted by molar-refractivity contribution is -0.120. The number of nitrogens with zero attached hydrogens (tertiary/aromatic N) is 2. The molecule has 0 atom stereocenters. The topological polar surface area (TPSA) is 102 Å². The zero-order valence-corrected chi connectivity index (χ0v) is 17.3. The van der Waals surface area contributed by atoms with Crippen molar-refractivity contribution in [3.05, 3.63) is 57.4 Å². The molecular formula is C19H20N4O4S2. The largest absolute Gasteiger partial charge is 0.475 e. The Balaban J connectivity index is 1.49. The van der Waals surface area contributed by atoms with Crippen LogP contribution in [0.25, 0.3) is 0 Å². The summed E-state index contributed by atoms with van der Waals surface area (Å²) in [6, 6.07) is 7.19. The monoisotopic (exact) mass is 432 g/mol. The van der Waals surface area contributed by atoms with E-state index in [2.05, 4.69) is 20.6 Å². The number of aromatic nitrogens is 2. The van der Waals surface area contributed by atoms with Crippen LogP contribution in [0.1, 0.15) is 20.9 Å². The summed E-state index contributed by atoms with van der Waals surface area (Å²) in [4.78, 5) is 33.4. The summed E-state index contributed by atoms with van der Waals surface area (Å²) in [5, 5.41) is 9.64. The number of anilines is 1. The zero-order chi connectivity index (χ0) is 20.5. The summed E-state index contributed by atoms with van der Waals surface area (Å²) in [6.07, 6.45) is 1.75. The Hall–Kier alpha value is -2.82. The minimum absolute atomic E-state index is 0.117. The van der Waals surface area contributed by atoms with Crippen molar-refractivity contribution in [3.63, 3.8) is 0 Å². The first kappa shape index (κ1) is 20.9. The van der Waals surface area contributed by atoms with Gasteiger partial charge < -0.3 is 14.8 Å². The average molecular weight is 433 g/mol. The molecule has 0 aliphatic carbocycles. The molecule has 0 saturated carbocycles. The van der Waals surface area contributed by atoms with Crippen molar-refractivity contribution < 1.29 is 19.1 Å². The number of rotatable bonds is 10. The minimum Gasteiger partial charge on any atom is -0.475 e. The number of carbonyl (C=O) groups excluding carboxylic acids is 2. The molecule has 2 N–H and O–H groups in total. The fourth-order valence-corrected chi connectivity index (χ4v) is 3.67. The number of hydrogen-bond acceptors (Lipinski definition) is 8. The van der Waals surface area contributed by atoms with E-state index in [9.17, 15) is 9.59 Å². The molecule has 10 heteroatoms. The van der Waals surface area contributed by atoms with Crippen molar-refractivity contribution >= 4 is 39.6 Å². The standard InChI is InChI=1S/C19H20N4O4S2/c1-26-7-8-27-18-13(4-2-6-20-18)11-21-16(24)10-14-12-29-19(22-14)23-17(25)15-5-3-9-28-15/h2-6,9,12H,7-8,10-11H2,1H3,(H,21,24)(H,22,23,25). The fourth-order valence-electron chi connectivity index (χ4n) is 2.34. The average Bonchev–Trinajstić information content (AvgIpc) is 3.40. The summed E-state index contributed by atoms with van der Waals surface area (Å²) in [5.74, 6) is 0.0816. The number of methoxy groups -OCH3 is 1. The molecule has 2 amide bonds. The maximum Gasteiger partial charge on any atom is 0.267 e. The number of amides is 2. The van der Waals surface area contributed by atoms with Gasteiger partial charge in [0.1, 0.15) is 6.61 Å². The second-order valence-electron chi connectivity index (χ2n) is 5.84. The molecule has 0 aliphatic rings. The first-order chi connectivity index (χ1) is 14.2. The van der Waals surface area contributed by atoms with Crippen molar-refractivity contribution in [2.75, 3.05) is 25.6 Å². The fraction of sp³-hybridized carbons (Fsp3) is 0.263. The van der Waals surface area contributed by atoms with E-state index < -0.39 is 0 Å². The Morgan fingerprint density at radius 1 is 1.17 bits per heavy atom. The van der Waals surface area contributed by atoms with Crippen molar-refractivity contribution in [1.29, 1.82) is 0 Å². The van der Waals surface area contributed by atoms with Crippen LogP contribution >= 0.6 is 22.7 Å². The van der Waals surface area contributed by atoms with Gasteiger partial charge in [-0.3, -0.25) is 14.9 Å². The smallest absolute Gasteiger partial charge is 0.267 e. The van der Waals surface area contributed by atoms with Crippen molar-refractivity contribution in [2.24, 2.45) is 0 Å². The molecule has 3 heterocycles. The van der Waals surface area contributed by atoms with Crippen LogP contribution in [-0.2, 0) is 22.5 Å². The van der Waals surface area contributed by atoms with Gasteiger partial charge in [-0.05, 0) is 17.5 Å². The number of pyridine rings is 1. The van der Waals surface area contributed by atoms with Crippen LogP contribution in [0.2, 0.25) is 0 Å². The van der Waals surface area contributed by atoms with E-state index in [0.29, 0.717) is 41.3 Å². The van der Waals surface area contributed by atoms with Crippen LogP contribution in [0.4, 0.5) is 5.13 Å². The highest BCUT2D eigenvalue weighted by Gasteiger charge is 2.12. The van der Waals surface area contributed by atoms with Crippen LogP contribution in [-0.4, -0.2) is 42.1 Å². The van der Waals surface area contributed by atoms with Gasteiger partial charge in [0.2, 0.25) is 11.8 Å². The molecule has 3 aromatic heterocycles. The lowest BCUT2D eigenvalue weighted by Gasteiger charge is -2.10. The Labute approximate surface area is 175 Å². The molecule has 0 spiro atoms. The number of thiophene rings is 1. The summed E-state index contributed by atoms with van der Waals surface area (Å²) in [5.41, 5.74) is 1.37. The maximum absolute atomic E-state index is 12.3. The molecule has 3 rings (SSSR count). The quantitative estimate of drug-likeness (QED) is 0.478. The van der Waals surface area contributed by atoms with Crippen LogP contribution in [0.5, 0.6) is 5.88 Å². The van der Waals surface area contributed by atoms with E-state index in [1.165, 1.54) is 22.7 Å². The molecule has 0 radical (unpaired) electrons. The van der Waals surface area contributed by atoms with Gasteiger partial charge in [0, 0.05) is 30.8 Å². The zero-order valence-electron chi connectivity index (χ0n) is 15.7. The lowest BCUT2D eigenvalue weighted by Crippen LogP contribution is -2.25. The normalized spacial score (nSPS) is 10.5. The predicted octanol–water partition coefficient (Wildman–Crippen LogP) is 2.74. The van der Waals surface area contributed by atoms with Crippen LogP contribution in [0, 0.1) is 0 Å². The van der Waals surface area contributed by atoms with Crippen molar-refractivity contribution in [1.82, 2.24) is 15.3 Å². The van der Waals surface area contributed by atoms with Crippen molar-refractivity contribution in [3.8, 4) is 5.88 Å². The molecule has 8 nitrogen and oxygen atoms in total. The third-order valence-electron chi connectivity index (χ3n) is 3.71. The van der Waals surface area contributed by atoms with E-state index in [4.69, 9.17) is 9.47 Å². The molecule has 0 saturated heterocycles. The number of carbonyl (C=O) groups is 2. The maximum atomic E-state index is 12.3. The molecular weight excluding hydrogens is 412 g/mol. The number of thiazole rings is 1. The third kappa shape index (κ3) is 6.34. The lowest BCUT2D eigenvalue weighted by atomic mass is 10.2. The number of nitrogens with one attached hydrogen (secondary N) is 2. The van der Waals surface area contributed by atoms with Crippen LogP contribution in [0.3, 0.4) is 0 Å². The van der Waals surface area contributed by atoms with Crippen molar-refractivity contribution in [2.45, 2.75) is 13.0 Å². The molecule has 0 aliphatic heterocycles. The summed E-state index contributed by atoms with van der Waals surface area (Å²) in [6.45, 7) is 1.13. The summed E-state index contributed by atoms with van der Waals surface area (Å²) in [7, 11) is 1.60. The van der Waals surface area contributed by atoms with Gasteiger partial charge in [-0.25, -0.2) is 9.97 Å². The molecule has 152 valence electrons. The van der Waals surface area contributed by atoms with E-state index in [1.54, 1.807) is 30.8 Å². The summed E-state index contributed by atoms with van der Waals surface area (Å²) < 4.78 is 10.5. The van der Waals surface area contributed by atoms with E-state index in [0.717, 1.165) is 5.56 Å². The second kappa shape index (κ2) is 10.6. The van der Waals surface area contributed by atoms with Gasteiger partial charge >= 0.3 is 0 Å². The molecule has 3 aromatic rings. The minimum atomic E-state index is -0.206. The number of ether oxygens (including phenoxy) is 2. The van der Waals surface area contributed by atoms with Crippen LogP contribution < -0.4 is 15.4 Å². The Morgan fingerprint density at radius 2 is 2.07 bits per heavy atom. The summed E-state index contributed by atoms with van der Waals surface area (Å²) >= 11 is 2.64. The van der Waals surface area contributed by atoms with E-state index in [-0.39, 0.29) is 18.2 Å². The van der Waals surface area contributed by atoms with Gasteiger partial charge in [-0.2, -0.15) is 0 Å². The highest BCUT2D eigenvalue weighted by molar-refractivity contribution is 7.14. The van der Waals surface area contributed by atoms with E-state index in [1.807, 2.05) is 17.5 Å². The molecule has 0 unspecified atom stereocenters. The van der Waals surface area contributed by atoms with Gasteiger partial charge in [-0.1, -0.05) is 12.1 Å². The third-order valence-corrected chi connectivity index (χ3v) is 5.39. The van der Waals surface area contributed by atoms with E-state index >= 15 is 0 Å². The van der Waals surface area contributed by atoms with Gasteiger partial charge in [0.25, 0.3) is 5.91 Å². The Bertz CT molecular complexity index is 943. The molecule has 0 aromatic carbocycles. The first-order valence-electron chi connectivity index (χ1n) is 8.77. The molecule has 0 fully saturated rings. The van der Waals surface area contributed by atoms with Gasteiger partial charge in [-0.15, -0.1) is 22.7 Å². The Morgan fingerprint density at radius 3 is 2.86 bits per heavy atom. The second-order valence-corrected chi connectivity index (χ2v) is 7.64. The van der Waals surface area contributed by atoms with Crippen LogP contribution in [0.15, 0.2) is 41.2 Å².